The van der Waals surface area contributed by atoms with Crippen molar-refractivity contribution in [2.75, 3.05) is 6.54 Å². The van der Waals surface area contributed by atoms with Gasteiger partial charge in [-0.1, -0.05) is 19.1 Å². The van der Waals surface area contributed by atoms with Gasteiger partial charge in [0.2, 0.25) is 5.91 Å². The molecule has 1 fully saturated rings. The molecule has 1 aromatic carbocycles. The van der Waals surface area contributed by atoms with Crippen molar-refractivity contribution < 1.29 is 9.18 Å². The van der Waals surface area contributed by atoms with Crippen molar-refractivity contribution in [1.82, 2.24) is 25.1 Å². The summed E-state index contributed by atoms with van der Waals surface area (Å²) in [5.41, 5.74) is 0.838. The Morgan fingerprint density at radius 1 is 1.48 bits per heavy atom. The molecular weight excluding hydrogens is 273 g/mol. The summed E-state index contributed by atoms with van der Waals surface area (Å²) in [7, 11) is 0. The van der Waals surface area contributed by atoms with Gasteiger partial charge in [-0.15, -0.1) is 5.10 Å². The number of nitrogens with zero attached hydrogens (tertiary/aromatic N) is 5. The van der Waals surface area contributed by atoms with Crippen LogP contribution < -0.4 is 0 Å². The maximum atomic E-state index is 13.4. The molecule has 7 heteroatoms. The molecule has 0 saturated carbocycles. The molecule has 0 radical (unpaired) electrons. The summed E-state index contributed by atoms with van der Waals surface area (Å²) in [6, 6.07) is 6.37. The van der Waals surface area contributed by atoms with E-state index in [1.54, 1.807) is 11.0 Å². The summed E-state index contributed by atoms with van der Waals surface area (Å²) < 4.78 is 14.8. The molecule has 0 unspecified atom stereocenters. The van der Waals surface area contributed by atoms with E-state index in [0.29, 0.717) is 12.5 Å². The van der Waals surface area contributed by atoms with Crippen LogP contribution in [0.2, 0.25) is 0 Å². The molecule has 110 valence electrons. The van der Waals surface area contributed by atoms with Crippen LogP contribution in [-0.2, 0) is 11.3 Å². The van der Waals surface area contributed by atoms with Gasteiger partial charge >= 0.3 is 0 Å². The second-order valence-corrected chi connectivity index (χ2v) is 5.36. The summed E-state index contributed by atoms with van der Waals surface area (Å²) in [5.74, 6) is -0.0370. The standard InChI is InChI=1S/C14H16FN5O/c1-10-5-6-20(13(21)8-19-9-16-17-18-19)14(10)11-3-2-4-12(15)7-11/h2-4,7,9-10,14H,5-6,8H2,1H3/t10-,14+/m0/s1. The lowest BCUT2D eigenvalue weighted by Gasteiger charge is -2.27. The highest BCUT2D eigenvalue weighted by Gasteiger charge is 2.35. The number of halogens is 1. The van der Waals surface area contributed by atoms with Gasteiger partial charge in [0.25, 0.3) is 0 Å². The maximum Gasteiger partial charge on any atom is 0.244 e. The quantitative estimate of drug-likeness (QED) is 0.857. The number of carbonyl (C=O) groups excluding carboxylic acids is 1. The van der Waals surface area contributed by atoms with Crippen molar-refractivity contribution >= 4 is 5.91 Å². The molecule has 0 spiro atoms. The third kappa shape index (κ3) is 2.76. The Bertz CT molecular complexity index is 630. The van der Waals surface area contributed by atoms with Crippen LogP contribution in [0.4, 0.5) is 4.39 Å². The average molecular weight is 289 g/mol. The molecule has 21 heavy (non-hydrogen) atoms. The molecule has 0 N–H and O–H groups in total. The Labute approximate surface area is 121 Å². The lowest BCUT2D eigenvalue weighted by atomic mass is 9.95. The highest BCUT2D eigenvalue weighted by Crippen LogP contribution is 2.37. The predicted octanol–water partition coefficient (Wildman–Crippen LogP) is 1.42. The van der Waals surface area contributed by atoms with Crippen LogP contribution in [0.25, 0.3) is 0 Å². The highest BCUT2D eigenvalue weighted by atomic mass is 19.1. The van der Waals surface area contributed by atoms with Crippen LogP contribution in [-0.4, -0.2) is 37.6 Å². The minimum Gasteiger partial charge on any atom is -0.334 e. The van der Waals surface area contributed by atoms with Crippen LogP contribution in [0.15, 0.2) is 30.6 Å². The third-order valence-corrected chi connectivity index (χ3v) is 3.90. The van der Waals surface area contributed by atoms with Crippen LogP contribution in [0.3, 0.4) is 0 Å². The molecule has 1 aliphatic heterocycles. The first-order valence-corrected chi connectivity index (χ1v) is 6.91. The Morgan fingerprint density at radius 2 is 2.33 bits per heavy atom. The number of benzene rings is 1. The van der Waals surface area contributed by atoms with E-state index in [1.165, 1.54) is 23.1 Å². The van der Waals surface area contributed by atoms with Crippen LogP contribution in [0.5, 0.6) is 0 Å². The van der Waals surface area contributed by atoms with E-state index in [-0.39, 0.29) is 24.3 Å². The van der Waals surface area contributed by atoms with E-state index in [4.69, 9.17) is 0 Å². The molecule has 1 aromatic heterocycles. The number of hydrogen-bond donors (Lipinski definition) is 0. The minimum absolute atomic E-state index is 0.0547. The lowest BCUT2D eigenvalue weighted by molar-refractivity contribution is -0.133. The fraction of sp³-hybridized carbons (Fsp3) is 0.429. The summed E-state index contributed by atoms with van der Waals surface area (Å²) in [5, 5.41) is 10.7. The number of rotatable bonds is 3. The van der Waals surface area contributed by atoms with Crippen molar-refractivity contribution in [3.05, 3.63) is 42.0 Å². The Kier molecular flexibility index (Phi) is 3.64. The Hall–Kier alpha value is -2.31. The predicted molar refractivity (Wildman–Crippen MR) is 72.5 cm³/mol. The zero-order chi connectivity index (χ0) is 14.8. The summed E-state index contributed by atoms with van der Waals surface area (Å²) in [6.45, 7) is 2.86. The molecule has 1 saturated heterocycles. The van der Waals surface area contributed by atoms with E-state index in [2.05, 4.69) is 22.4 Å². The SMILES string of the molecule is C[C@H]1CCN(C(=O)Cn2cnnn2)[C@H]1c1cccc(F)c1. The molecule has 0 aliphatic carbocycles. The van der Waals surface area contributed by atoms with Gasteiger partial charge in [-0.05, 0) is 40.5 Å². The summed E-state index contributed by atoms with van der Waals surface area (Å²) in [6.07, 6.45) is 2.32. The first-order valence-electron chi connectivity index (χ1n) is 6.91. The van der Waals surface area contributed by atoms with E-state index >= 15 is 0 Å². The Morgan fingerprint density at radius 3 is 3.05 bits per heavy atom. The first kappa shape index (κ1) is 13.7. The van der Waals surface area contributed by atoms with Gasteiger partial charge in [0.15, 0.2) is 0 Å². The molecular formula is C14H16FN5O. The lowest BCUT2D eigenvalue weighted by Crippen LogP contribution is -2.34. The monoisotopic (exact) mass is 289 g/mol. The van der Waals surface area contributed by atoms with Gasteiger partial charge in [-0.2, -0.15) is 0 Å². The average Bonchev–Trinajstić information content (AvgIpc) is 3.08. The molecule has 0 bridgehead atoms. The second-order valence-electron chi connectivity index (χ2n) is 5.36. The fourth-order valence-electron chi connectivity index (χ4n) is 2.91. The van der Waals surface area contributed by atoms with Crippen LogP contribution in [0, 0.1) is 11.7 Å². The van der Waals surface area contributed by atoms with Gasteiger partial charge in [0, 0.05) is 6.54 Å². The van der Waals surface area contributed by atoms with Crippen molar-refractivity contribution in [3.63, 3.8) is 0 Å². The molecule has 1 aliphatic rings. The molecule has 1 amide bonds. The van der Waals surface area contributed by atoms with E-state index < -0.39 is 0 Å². The smallest absolute Gasteiger partial charge is 0.244 e. The van der Waals surface area contributed by atoms with Crippen LogP contribution >= 0.6 is 0 Å². The molecule has 6 nitrogen and oxygen atoms in total. The zero-order valence-electron chi connectivity index (χ0n) is 11.7. The Balaban J connectivity index is 1.82. The van der Waals surface area contributed by atoms with Crippen molar-refractivity contribution in [1.29, 1.82) is 0 Å². The van der Waals surface area contributed by atoms with Crippen LogP contribution in [0.1, 0.15) is 24.9 Å². The van der Waals surface area contributed by atoms with E-state index in [1.807, 2.05) is 6.07 Å². The number of tetrazole rings is 1. The molecule has 2 atom stereocenters. The second kappa shape index (κ2) is 5.59. The number of carbonyl (C=O) groups is 1. The van der Waals surface area contributed by atoms with E-state index in [0.717, 1.165) is 12.0 Å². The summed E-state index contributed by atoms with van der Waals surface area (Å²) in [4.78, 5) is 14.2. The van der Waals surface area contributed by atoms with Crippen molar-refractivity contribution in [2.24, 2.45) is 5.92 Å². The maximum absolute atomic E-state index is 13.4. The molecule has 2 heterocycles. The normalized spacial score (nSPS) is 21.7. The third-order valence-electron chi connectivity index (χ3n) is 3.90. The fourth-order valence-corrected chi connectivity index (χ4v) is 2.91. The van der Waals surface area contributed by atoms with Gasteiger partial charge in [-0.3, -0.25) is 4.79 Å². The molecule has 2 aromatic rings. The van der Waals surface area contributed by atoms with Gasteiger partial charge < -0.3 is 4.90 Å². The van der Waals surface area contributed by atoms with Crippen molar-refractivity contribution in [2.45, 2.75) is 25.9 Å². The number of likely N-dealkylation sites (tertiary alicyclic amines) is 1. The van der Waals surface area contributed by atoms with Crippen molar-refractivity contribution in [3.8, 4) is 0 Å². The zero-order valence-corrected chi connectivity index (χ0v) is 11.7. The summed E-state index contributed by atoms with van der Waals surface area (Å²) >= 11 is 0. The number of amides is 1. The van der Waals surface area contributed by atoms with Gasteiger partial charge in [-0.25, -0.2) is 9.07 Å². The van der Waals surface area contributed by atoms with Gasteiger partial charge in [0.05, 0.1) is 6.04 Å². The highest BCUT2D eigenvalue weighted by molar-refractivity contribution is 5.76. The number of hydrogen-bond acceptors (Lipinski definition) is 4. The number of aromatic nitrogens is 4. The minimum atomic E-state index is -0.278. The van der Waals surface area contributed by atoms with E-state index in [9.17, 15) is 9.18 Å². The largest absolute Gasteiger partial charge is 0.334 e. The van der Waals surface area contributed by atoms with Gasteiger partial charge in [0.1, 0.15) is 18.7 Å². The molecule has 3 rings (SSSR count). The topological polar surface area (TPSA) is 63.9 Å². The first-order chi connectivity index (χ1) is 10.1.